The highest BCUT2D eigenvalue weighted by Gasteiger charge is 2.22. The van der Waals surface area contributed by atoms with E-state index in [4.69, 9.17) is 9.52 Å². The number of hydrogen-bond donors (Lipinski definition) is 1. The van der Waals surface area contributed by atoms with Crippen LogP contribution in [0.1, 0.15) is 31.6 Å². The molecule has 1 atom stereocenters. The second-order valence-electron chi connectivity index (χ2n) is 2.55. The van der Waals surface area contributed by atoms with Crippen molar-refractivity contribution in [2.24, 2.45) is 0 Å². The molecule has 1 N–H and O–H groups in total. The van der Waals surface area contributed by atoms with Crippen LogP contribution < -0.4 is 0 Å². The maximum absolute atomic E-state index is 10.7. The molecule has 0 aliphatic rings. The van der Waals surface area contributed by atoms with E-state index in [1.807, 2.05) is 6.92 Å². The van der Waals surface area contributed by atoms with E-state index in [0.29, 0.717) is 12.3 Å². The number of aliphatic carboxylic acids is 1. The van der Waals surface area contributed by atoms with E-state index >= 15 is 0 Å². The standard InChI is InChI=1S/C8H11NO3/c1-2-3-6(8(10)11)7-9-4-5-12-7/h4-6H,2-3H2,1H3,(H,10,11). The van der Waals surface area contributed by atoms with Crippen molar-refractivity contribution in [3.8, 4) is 0 Å². The summed E-state index contributed by atoms with van der Waals surface area (Å²) in [4.78, 5) is 14.5. The molecule has 0 bridgehead atoms. The summed E-state index contributed by atoms with van der Waals surface area (Å²) >= 11 is 0. The third-order valence-corrected chi connectivity index (χ3v) is 1.62. The molecule has 66 valence electrons. The number of carbonyl (C=O) groups is 1. The van der Waals surface area contributed by atoms with E-state index in [1.54, 1.807) is 0 Å². The lowest BCUT2D eigenvalue weighted by Crippen LogP contribution is -2.11. The summed E-state index contributed by atoms with van der Waals surface area (Å²) in [5, 5.41) is 8.78. The number of carboxylic acid groups (broad SMARTS) is 1. The molecule has 1 unspecified atom stereocenters. The Morgan fingerprint density at radius 3 is 3.00 bits per heavy atom. The van der Waals surface area contributed by atoms with E-state index < -0.39 is 11.9 Å². The number of oxazole rings is 1. The van der Waals surface area contributed by atoms with Gasteiger partial charge < -0.3 is 9.52 Å². The Kier molecular flexibility index (Phi) is 2.85. The van der Waals surface area contributed by atoms with Gasteiger partial charge in [0.15, 0.2) is 0 Å². The molecule has 0 saturated heterocycles. The first kappa shape index (κ1) is 8.77. The Bertz CT molecular complexity index is 243. The largest absolute Gasteiger partial charge is 0.481 e. The molecule has 1 aromatic rings. The molecule has 4 nitrogen and oxygen atoms in total. The van der Waals surface area contributed by atoms with Gasteiger partial charge in [-0.25, -0.2) is 4.98 Å². The Morgan fingerprint density at radius 1 is 1.83 bits per heavy atom. The van der Waals surface area contributed by atoms with Crippen LogP contribution in [0.3, 0.4) is 0 Å². The molecule has 0 aliphatic heterocycles. The summed E-state index contributed by atoms with van der Waals surface area (Å²) in [7, 11) is 0. The highest BCUT2D eigenvalue weighted by molar-refractivity contribution is 5.74. The zero-order chi connectivity index (χ0) is 8.97. The van der Waals surface area contributed by atoms with Crippen LogP contribution in [0.15, 0.2) is 16.9 Å². The maximum atomic E-state index is 10.7. The van der Waals surface area contributed by atoms with Gasteiger partial charge in [0, 0.05) is 0 Å². The summed E-state index contributed by atoms with van der Waals surface area (Å²) in [6.07, 6.45) is 4.22. The first-order valence-electron chi connectivity index (χ1n) is 3.88. The van der Waals surface area contributed by atoms with Gasteiger partial charge in [0.2, 0.25) is 5.89 Å². The van der Waals surface area contributed by atoms with E-state index in [9.17, 15) is 4.79 Å². The van der Waals surface area contributed by atoms with Crippen molar-refractivity contribution in [1.82, 2.24) is 4.98 Å². The smallest absolute Gasteiger partial charge is 0.315 e. The lowest BCUT2D eigenvalue weighted by Gasteiger charge is -2.04. The van der Waals surface area contributed by atoms with Crippen molar-refractivity contribution in [3.63, 3.8) is 0 Å². The molecule has 0 saturated carbocycles. The van der Waals surface area contributed by atoms with Gasteiger partial charge >= 0.3 is 5.97 Å². The normalized spacial score (nSPS) is 12.8. The third-order valence-electron chi connectivity index (χ3n) is 1.62. The molecule has 0 fully saturated rings. The summed E-state index contributed by atoms with van der Waals surface area (Å²) in [5.74, 6) is -1.17. The maximum Gasteiger partial charge on any atom is 0.315 e. The van der Waals surface area contributed by atoms with E-state index in [1.165, 1.54) is 12.5 Å². The molecule has 1 rings (SSSR count). The minimum atomic E-state index is -0.876. The quantitative estimate of drug-likeness (QED) is 0.744. The van der Waals surface area contributed by atoms with Crippen molar-refractivity contribution >= 4 is 5.97 Å². The molecule has 0 radical (unpaired) electrons. The molecular weight excluding hydrogens is 158 g/mol. The van der Waals surface area contributed by atoms with Crippen molar-refractivity contribution in [1.29, 1.82) is 0 Å². The molecular formula is C8H11NO3. The van der Waals surface area contributed by atoms with Gasteiger partial charge in [-0.1, -0.05) is 13.3 Å². The SMILES string of the molecule is CCCC(C(=O)O)c1ncco1. The average molecular weight is 169 g/mol. The van der Waals surface area contributed by atoms with Gasteiger partial charge in [-0.15, -0.1) is 0 Å². The number of hydrogen-bond acceptors (Lipinski definition) is 3. The fourth-order valence-corrected chi connectivity index (χ4v) is 1.05. The van der Waals surface area contributed by atoms with Gasteiger partial charge in [0.25, 0.3) is 0 Å². The first-order valence-corrected chi connectivity index (χ1v) is 3.88. The number of rotatable bonds is 4. The molecule has 1 aromatic heterocycles. The molecule has 0 aliphatic carbocycles. The van der Waals surface area contributed by atoms with Crippen LogP contribution in [0.2, 0.25) is 0 Å². The molecule has 0 spiro atoms. The monoisotopic (exact) mass is 169 g/mol. The van der Waals surface area contributed by atoms with Crippen LogP contribution >= 0.6 is 0 Å². The van der Waals surface area contributed by atoms with Gasteiger partial charge in [0.1, 0.15) is 12.2 Å². The van der Waals surface area contributed by atoms with Crippen molar-refractivity contribution in [3.05, 3.63) is 18.4 Å². The first-order chi connectivity index (χ1) is 5.75. The third kappa shape index (κ3) is 1.84. The molecule has 0 aromatic carbocycles. The summed E-state index contributed by atoms with van der Waals surface area (Å²) < 4.78 is 4.92. The Morgan fingerprint density at radius 2 is 2.58 bits per heavy atom. The molecule has 12 heavy (non-hydrogen) atoms. The fraction of sp³-hybridized carbons (Fsp3) is 0.500. The molecule has 1 heterocycles. The van der Waals surface area contributed by atoms with Crippen LogP contribution in [0, 0.1) is 0 Å². The Labute approximate surface area is 70.2 Å². The molecule has 4 heteroatoms. The Hall–Kier alpha value is -1.32. The van der Waals surface area contributed by atoms with Crippen molar-refractivity contribution in [2.75, 3.05) is 0 Å². The van der Waals surface area contributed by atoms with E-state index in [-0.39, 0.29) is 0 Å². The van der Waals surface area contributed by atoms with E-state index in [0.717, 1.165) is 6.42 Å². The summed E-state index contributed by atoms with van der Waals surface area (Å²) in [6, 6.07) is 0. The summed E-state index contributed by atoms with van der Waals surface area (Å²) in [6.45, 7) is 1.93. The summed E-state index contributed by atoms with van der Waals surface area (Å²) in [5.41, 5.74) is 0. The van der Waals surface area contributed by atoms with Crippen molar-refractivity contribution < 1.29 is 14.3 Å². The van der Waals surface area contributed by atoms with Gasteiger partial charge in [-0.3, -0.25) is 4.79 Å². The topological polar surface area (TPSA) is 63.3 Å². The predicted octanol–water partition coefficient (Wildman–Crippen LogP) is 1.64. The van der Waals surface area contributed by atoms with Crippen LogP contribution in [0.5, 0.6) is 0 Å². The minimum absolute atomic E-state index is 0.296. The number of aromatic nitrogens is 1. The Balaban J connectivity index is 2.73. The number of nitrogens with zero attached hydrogens (tertiary/aromatic N) is 1. The van der Waals surface area contributed by atoms with E-state index in [2.05, 4.69) is 4.98 Å². The van der Waals surface area contributed by atoms with Crippen LogP contribution in [0.25, 0.3) is 0 Å². The lowest BCUT2D eigenvalue weighted by atomic mass is 10.0. The highest BCUT2D eigenvalue weighted by atomic mass is 16.4. The number of carboxylic acids is 1. The van der Waals surface area contributed by atoms with Crippen LogP contribution in [-0.2, 0) is 4.79 Å². The van der Waals surface area contributed by atoms with Gasteiger partial charge in [-0.05, 0) is 6.42 Å². The van der Waals surface area contributed by atoms with Gasteiger partial charge in [0.05, 0.1) is 6.20 Å². The second kappa shape index (κ2) is 3.90. The van der Waals surface area contributed by atoms with Crippen molar-refractivity contribution in [2.45, 2.75) is 25.7 Å². The van der Waals surface area contributed by atoms with Gasteiger partial charge in [-0.2, -0.15) is 0 Å². The van der Waals surface area contributed by atoms with Crippen LogP contribution in [0.4, 0.5) is 0 Å². The minimum Gasteiger partial charge on any atom is -0.481 e. The zero-order valence-corrected chi connectivity index (χ0v) is 6.86. The second-order valence-corrected chi connectivity index (χ2v) is 2.55. The lowest BCUT2D eigenvalue weighted by molar-refractivity contribution is -0.139. The van der Waals surface area contributed by atoms with Crippen LogP contribution in [-0.4, -0.2) is 16.1 Å². The molecule has 0 amide bonds. The highest BCUT2D eigenvalue weighted by Crippen LogP contribution is 2.19. The zero-order valence-electron chi connectivity index (χ0n) is 6.86. The predicted molar refractivity (Wildman–Crippen MR) is 41.8 cm³/mol. The average Bonchev–Trinajstić information content (AvgIpc) is 2.51. The fourth-order valence-electron chi connectivity index (χ4n) is 1.05.